The summed E-state index contributed by atoms with van der Waals surface area (Å²) >= 11 is 15.5. The van der Waals surface area contributed by atoms with Crippen LogP contribution in [0.4, 0.5) is 10.6 Å². The van der Waals surface area contributed by atoms with Crippen LogP contribution in [0.2, 0.25) is 10.0 Å². The second kappa shape index (κ2) is 7.59. The molecule has 2 rings (SSSR count). The van der Waals surface area contributed by atoms with Gasteiger partial charge >= 0.3 is 6.09 Å². The first kappa shape index (κ1) is 18.8. The normalized spacial score (nSPS) is 11.1. The minimum Gasteiger partial charge on any atom is -0.452 e. The maximum Gasteiger partial charge on any atom is 0.413 e. The number of ether oxygens (including phenoxy) is 2. The van der Waals surface area contributed by atoms with Crippen LogP contribution in [-0.2, 0) is 4.74 Å². The number of benzene rings is 1. The Morgan fingerprint density at radius 2 is 1.96 bits per heavy atom. The molecule has 1 heterocycles. The molecule has 0 saturated carbocycles. The summed E-state index contributed by atoms with van der Waals surface area (Å²) in [5.74, 6) is 0.781. The number of anilines is 1. The summed E-state index contributed by atoms with van der Waals surface area (Å²) in [4.78, 5) is 16.0. The molecule has 1 aromatic heterocycles. The van der Waals surface area contributed by atoms with E-state index in [1.807, 2.05) is 0 Å². The zero-order valence-corrected chi connectivity index (χ0v) is 16.3. The van der Waals surface area contributed by atoms with Crippen LogP contribution >= 0.6 is 39.1 Å². The molecule has 0 bridgehead atoms. The molecule has 1 N–H and O–H groups in total. The lowest BCUT2D eigenvalue weighted by atomic mass is 10.2. The maximum atomic E-state index is 12.0. The molecule has 8 heteroatoms. The van der Waals surface area contributed by atoms with Crippen molar-refractivity contribution >= 4 is 51.0 Å². The number of rotatable bonds is 3. The first-order chi connectivity index (χ1) is 11.1. The van der Waals surface area contributed by atoms with Crippen molar-refractivity contribution in [2.75, 3.05) is 5.32 Å². The number of nitrogens with zero attached hydrogens (tertiary/aromatic N) is 1. The van der Waals surface area contributed by atoms with E-state index in [1.54, 1.807) is 45.0 Å². The molecule has 0 unspecified atom stereocenters. The molecule has 0 atom stereocenters. The Kier molecular flexibility index (Phi) is 5.96. The number of amides is 1. The number of hydrogen-bond donors (Lipinski definition) is 1. The molecule has 24 heavy (non-hydrogen) atoms. The molecule has 0 spiro atoms. The number of carbonyl (C=O) groups is 1. The average molecular weight is 434 g/mol. The number of pyridine rings is 1. The van der Waals surface area contributed by atoms with E-state index in [4.69, 9.17) is 32.7 Å². The second-order valence-corrected chi connectivity index (χ2v) is 7.56. The average Bonchev–Trinajstić information content (AvgIpc) is 2.39. The Hall–Kier alpha value is -1.50. The van der Waals surface area contributed by atoms with Gasteiger partial charge in [0.1, 0.15) is 11.4 Å². The summed E-state index contributed by atoms with van der Waals surface area (Å²) in [5.41, 5.74) is -0.637. The smallest absolute Gasteiger partial charge is 0.413 e. The first-order valence-corrected chi connectivity index (χ1v) is 8.47. The molecular weight excluding hydrogens is 419 g/mol. The van der Waals surface area contributed by atoms with Gasteiger partial charge in [0.15, 0.2) is 11.6 Å². The highest BCUT2D eigenvalue weighted by molar-refractivity contribution is 9.10. The van der Waals surface area contributed by atoms with Crippen LogP contribution in [-0.4, -0.2) is 16.7 Å². The second-order valence-electron chi connectivity index (χ2n) is 5.80. The van der Waals surface area contributed by atoms with E-state index in [-0.39, 0.29) is 16.6 Å². The Bertz CT molecular complexity index is 743. The minimum absolute atomic E-state index is 0.146. The lowest BCUT2D eigenvalue weighted by Crippen LogP contribution is -2.27. The molecule has 0 aliphatic carbocycles. The van der Waals surface area contributed by atoms with Crippen molar-refractivity contribution in [1.82, 2.24) is 4.98 Å². The molecule has 0 fully saturated rings. The van der Waals surface area contributed by atoms with Gasteiger partial charge in [-0.05, 0) is 45.0 Å². The van der Waals surface area contributed by atoms with Crippen LogP contribution < -0.4 is 10.1 Å². The predicted octanol–water partition coefficient (Wildman–Crippen LogP) is 6.29. The zero-order chi connectivity index (χ0) is 17.9. The summed E-state index contributed by atoms with van der Waals surface area (Å²) in [5, 5.41) is 3.30. The van der Waals surface area contributed by atoms with Gasteiger partial charge in [0.05, 0.1) is 5.02 Å². The summed E-state index contributed by atoms with van der Waals surface area (Å²) in [6.45, 7) is 5.29. The van der Waals surface area contributed by atoms with Crippen LogP contribution in [0.15, 0.2) is 34.9 Å². The number of halogens is 3. The predicted molar refractivity (Wildman–Crippen MR) is 98.3 cm³/mol. The van der Waals surface area contributed by atoms with Crippen molar-refractivity contribution in [3.8, 4) is 11.5 Å². The summed E-state index contributed by atoms with van der Waals surface area (Å²) in [6, 6.07) is 6.61. The van der Waals surface area contributed by atoms with Gasteiger partial charge < -0.3 is 9.47 Å². The van der Waals surface area contributed by atoms with Gasteiger partial charge in [-0.1, -0.05) is 39.1 Å². The molecule has 0 aliphatic rings. The van der Waals surface area contributed by atoms with E-state index in [0.717, 1.165) is 4.47 Å². The third-order valence-electron chi connectivity index (χ3n) is 2.53. The van der Waals surface area contributed by atoms with Gasteiger partial charge in [0.25, 0.3) is 0 Å². The van der Waals surface area contributed by atoms with E-state index in [0.29, 0.717) is 10.8 Å². The first-order valence-electron chi connectivity index (χ1n) is 6.92. The molecule has 0 aliphatic heterocycles. The van der Waals surface area contributed by atoms with Gasteiger partial charge in [0.2, 0.25) is 0 Å². The topological polar surface area (TPSA) is 60.5 Å². The van der Waals surface area contributed by atoms with Crippen LogP contribution in [0, 0.1) is 0 Å². The van der Waals surface area contributed by atoms with Gasteiger partial charge in [0, 0.05) is 15.7 Å². The van der Waals surface area contributed by atoms with Crippen LogP contribution in [0.5, 0.6) is 11.5 Å². The van der Waals surface area contributed by atoms with Gasteiger partial charge in [-0.15, -0.1) is 0 Å². The molecular formula is C16H15BrCl2N2O3. The molecule has 128 valence electrons. The van der Waals surface area contributed by atoms with Crippen molar-refractivity contribution in [2.45, 2.75) is 26.4 Å². The Labute approximate surface area is 158 Å². The molecule has 2 aromatic rings. The summed E-state index contributed by atoms with van der Waals surface area (Å²) < 4.78 is 11.7. The van der Waals surface area contributed by atoms with Crippen LogP contribution in [0.1, 0.15) is 20.8 Å². The van der Waals surface area contributed by atoms with Gasteiger partial charge in [-0.3, -0.25) is 5.32 Å². The van der Waals surface area contributed by atoms with Crippen LogP contribution in [0.25, 0.3) is 0 Å². The highest BCUT2D eigenvalue weighted by atomic mass is 79.9. The SMILES string of the molecule is CC(C)(C)OC(=O)Nc1nccc(Cl)c1Oc1cc(Cl)cc(Br)c1. The molecule has 0 radical (unpaired) electrons. The zero-order valence-electron chi connectivity index (χ0n) is 13.2. The van der Waals surface area contributed by atoms with Crippen molar-refractivity contribution in [3.05, 3.63) is 45.0 Å². The van der Waals surface area contributed by atoms with Gasteiger partial charge in [-0.25, -0.2) is 9.78 Å². The molecule has 0 saturated heterocycles. The molecule has 1 aromatic carbocycles. The third kappa shape index (κ3) is 5.54. The number of nitrogens with one attached hydrogen (secondary N) is 1. The Balaban J connectivity index is 2.28. The quantitative estimate of drug-likeness (QED) is 0.617. The van der Waals surface area contributed by atoms with Crippen LogP contribution in [0.3, 0.4) is 0 Å². The van der Waals surface area contributed by atoms with E-state index < -0.39 is 11.7 Å². The monoisotopic (exact) mass is 432 g/mol. The fraction of sp³-hybridized carbons (Fsp3) is 0.250. The molecule has 5 nitrogen and oxygen atoms in total. The highest BCUT2D eigenvalue weighted by Gasteiger charge is 2.20. The fourth-order valence-electron chi connectivity index (χ4n) is 1.72. The van der Waals surface area contributed by atoms with Crippen molar-refractivity contribution in [3.63, 3.8) is 0 Å². The van der Waals surface area contributed by atoms with E-state index in [1.165, 1.54) is 6.20 Å². The van der Waals surface area contributed by atoms with Gasteiger partial charge in [-0.2, -0.15) is 0 Å². The molecule has 1 amide bonds. The highest BCUT2D eigenvalue weighted by Crippen LogP contribution is 2.37. The Morgan fingerprint density at radius 1 is 1.25 bits per heavy atom. The number of carbonyl (C=O) groups excluding carboxylic acids is 1. The fourth-order valence-corrected chi connectivity index (χ4v) is 2.73. The lowest BCUT2D eigenvalue weighted by Gasteiger charge is -2.20. The lowest BCUT2D eigenvalue weighted by molar-refractivity contribution is 0.0635. The van der Waals surface area contributed by atoms with E-state index >= 15 is 0 Å². The number of hydrogen-bond acceptors (Lipinski definition) is 4. The maximum absolute atomic E-state index is 12.0. The van der Waals surface area contributed by atoms with E-state index in [9.17, 15) is 4.79 Å². The minimum atomic E-state index is -0.658. The van der Waals surface area contributed by atoms with Crippen molar-refractivity contribution < 1.29 is 14.3 Å². The number of aromatic nitrogens is 1. The Morgan fingerprint density at radius 3 is 2.58 bits per heavy atom. The third-order valence-corrected chi connectivity index (χ3v) is 3.51. The van der Waals surface area contributed by atoms with Crippen molar-refractivity contribution in [2.24, 2.45) is 0 Å². The standard InChI is InChI=1S/C16H15BrCl2N2O3/c1-16(2,3)24-15(22)21-14-13(12(19)4-5-20-14)23-11-7-9(17)6-10(18)8-11/h4-8H,1-3H3,(H,20,21,22). The summed E-state index contributed by atoms with van der Waals surface area (Å²) in [7, 11) is 0. The van der Waals surface area contributed by atoms with E-state index in [2.05, 4.69) is 26.2 Å². The van der Waals surface area contributed by atoms with Crippen molar-refractivity contribution in [1.29, 1.82) is 0 Å². The summed E-state index contributed by atoms with van der Waals surface area (Å²) in [6.07, 6.45) is 0.796. The largest absolute Gasteiger partial charge is 0.452 e.